The summed E-state index contributed by atoms with van der Waals surface area (Å²) >= 11 is 0. The van der Waals surface area contributed by atoms with Crippen molar-refractivity contribution in [1.82, 2.24) is 25.1 Å². The lowest BCUT2D eigenvalue weighted by molar-refractivity contribution is 0.425. The van der Waals surface area contributed by atoms with Crippen LogP contribution in [0.2, 0.25) is 0 Å². The smallest absolute Gasteiger partial charge is 0.223 e. The maximum atomic E-state index is 13.3. The van der Waals surface area contributed by atoms with E-state index in [1.54, 1.807) is 23.3 Å². The van der Waals surface area contributed by atoms with Gasteiger partial charge >= 0.3 is 0 Å². The van der Waals surface area contributed by atoms with E-state index in [4.69, 9.17) is 4.74 Å². The molecule has 0 saturated heterocycles. The molecule has 0 amide bonds. The van der Waals surface area contributed by atoms with Crippen molar-refractivity contribution in [2.45, 2.75) is 26.1 Å². The molecule has 0 saturated carbocycles. The van der Waals surface area contributed by atoms with E-state index in [0.29, 0.717) is 19.0 Å². The number of benzene rings is 1. The Labute approximate surface area is 143 Å². The minimum Gasteiger partial charge on any atom is -0.439 e. The summed E-state index contributed by atoms with van der Waals surface area (Å²) in [6.07, 6.45) is 4.72. The van der Waals surface area contributed by atoms with Crippen molar-refractivity contribution in [1.29, 1.82) is 0 Å². The summed E-state index contributed by atoms with van der Waals surface area (Å²) in [5.74, 6) is -1.35. The number of rotatable bonds is 7. The molecule has 1 atom stereocenters. The molecule has 25 heavy (non-hydrogen) atoms. The number of nitrogens with zero attached hydrogens (tertiary/aromatic N) is 4. The van der Waals surface area contributed by atoms with Crippen molar-refractivity contribution in [2.75, 3.05) is 0 Å². The van der Waals surface area contributed by atoms with Gasteiger partial charge in [-0.25, -0.2) is 18.7 Å². The number of halogens is 2. The van der Waals surface area contributed by atoms with Gasteiger partial charge in [0.1, 0.15) is 18.4 Å². The number of pyridine rings is 1. The fourth-order valence-corrected chi connectivity index (χ4v) is 2.26. The average molecular weight is 345 g/mol. The van der Waals surface area contributed by atoms with Crippen molar-refractivity contribution in [3.05, 3.63) is 66.4 Å². The summed E-state index contributed by atoms with van der Waals surface area (Å²) in [6.45, 7) is 3.19. The van der Waals surface area contributed by atoms with Crippen molar-refractivity contribution < 1.29 is 13.5 Å². The Morgan fingerprint density at radius 2 is 2.12 bits per heavy atom. The standard InChI is InChI=1S/C17H17F2N5O/c1-12(9-24-11-20-10-23-24)22-8-13-3-2-6-21-17(13)25-14-4-5-15(18)16(19)7-14/h2-7,10-12,22H,8-9H2,1H3. The monoisotopic (exact) mass is 345 g/mol. The molecule has 2 heterocycles. The predicted molar refractivity (Wildman–Crippen MR) is 87.0 cm³/mol. The summed E-state index contributed by atoms with van der Waals surface area (Å²) in [5, 5.41) is 7.40. The second-order valence-corrected chi connectivity index (χ2v) is 5.55. The van der Waals surface area contributed by atoms with Crippen LogP contribution in [0.4, 0.5) is 8.78 Å². The summed E-state index contributed by atoms with van der Waals surface area (Å²) in [4.78, 5) is 8.08. The van der Waals surface area contributed by atoms with Gasteiger partial charge in [0.15, 0.2) is 11.6 Å². The minimum absolute atomic E-state index is 0.137. The molecule has 0 fully saturated rings. The molecule has 3 rings (SSSR count). The van der Waals surface area contributed by atoms with Crippen LogP contribution in [0.25, 0.3) is 0 Å². The second-order valence-electron chi connectivity index (χ2n) is 5.55. The summed E-state index contributed by atoms with van der Waals surface area (Å²) in [6, 6.07) is 7.16. The Hall–Kier alpha value is -2.87. The second kappa shape index (κ2) is 7.80. The van der Waals surface area contributed by atoms with E-state index in [0.717, 1.165) is 17.7 Å². The Kier molecular flexibility index (Phi) is 5.30. The molecule has 8 heteroatoms. The molecular weight excluding hydrogens is 328 g/mol. The van der Waals surface area contributed by atoms with Crippen LogP contribution in [0, 0.1) is 11.6 Å². The van der Waals surface area contributed by atoms with E-state index in [1.807, 2.05) is 13.0 Å². The fourth-order valence-electron chi connectivity index (χ4n) is 2.26. The highest BCUT2D eigenvalue weighted by Gasteiger charge is 2.10. The molecule has 3 aromatic rings. The molecule has 1 unspecified atom stereocenters. The van der Waals surface area contributed by atoms with E-state index in [2.05, 4.69) is 20.4 Å². The van der Waals surface area contributed by atoms with Crippen LogP contribution >= 0.6 is 0 Å². The molecule has 0 aliphatic heterocycles. The highest BCUT2D eigenvalue weighted by molar-refractivity contribution is 5.32. The fraction of sp³-hybridized carbons (Fsp3) is 0.235. The first kappa shape index (κ1) is 17.0. The van der Waals surface area contributed by atoms with Gasteiger partial charge < -0.3 is 10.1 Å². The van der Waals surface area contributed by atoms with Gasteiger partial charge in [0.25, 0.3) is 0 Å². The zero-order valence-electron chi connectivity index (χ0n) is 13.6. The van der Waals surface area contributed by atoms with Crippen LogP contribution in [0.1, 0.15) is 12.5 Å². The van der Waals surface area contributed by atoms with Crippen molar-refractivity contribution in [3.8, 4) is 11.6 Å². The van der Waals surface area contributed by atoms with Gasteiger partial charge in [0.05, 0.1) is 6.54 Å². The third-order valence-corrected chi connectivity index (χ3v) is 3.52. The molecule has 6 nitrogen and oxygen atoms in total. The maximum Gasteiger partial charge on any atom is 0.223 e. The van der Waals surface area contributed by atoms with E-state index in [9.17, 15) is 8.78 Å². The van der Waals surface area contributed by atoms with Crippen LogP contribution in [0.15, 0.2) is 49.2 Å². The van der Waals surface area contributed by atoms with Crippen LogP contribution in [-0.4, -0.2) is 25.8 Å². The Balaban J connectivity index is 1.65. The largest absolute Gasteiger partial charge is 0.439 e. The van der Waals surface area contributed by atoms with Crippen LogP contribution in [0.5, 0.6) is 11.6 Å². The van der Waals surface area contributed by atoms with Gasteiger partial charge in [0, 0.05) is 30.4 Å². The molecule has 0 bridgehead atoms. The summed E-state index contributed by atoms with van der Waals surface area (Å²) in [7, 11) is 0. The highest BCUT2D eigenvalue weighted by atomic mass is 19.2. The first-order valence-corrected chi connectivity index (χ1v) is 7.74. The van der Waals surface area contributed by atoms with E-state index in [-0.39, 0.29) is 11.8 Å². The zero-order chi connectivity index (χ0) is 17.6. The molecule has 0 aliphatic rings. The third-order valence-electron chi connectivity index (χ3n) is 3.52. The average Bonchev–Trinajstić information content (AvgIpc) is 3.10. The summed E-state index contributed by atoms with van der Waals surface area (Å²) in [5.41, 5.74) is 0.803. The molecule has 0 spiro atoms. The summed E-state index contributed by atoms with van der Waals surface area (Å²) < 4.78 is 33.7. The zero-order valence-corrected chi connectivity index (χ0v) is 13.6. The van der Waals surface area contributed by atoms with E-state index < -0.39 is 11.6 Å². The number of nitrogens with one attached hydrogen (secondary N) is 1. The van der Waals surface area contributed by atoms with Gasteiger partial charge in [-0.15, -0.1) is 0 Å². The lowest BCUT2D eigenvalue weighted by Gasteiger charge is -2.15. The topological polar surface area (TPSA) is 64.9 Å². The maximum absolute atomic E-state index is 13.3. The van der Waals surface area contributed by atoms with Crippen LogP contribution in [-0.2, 0) is 13.1 Å². The molecular formula is C17H17F2N5O. The highest BCUT2D eigenvalue weighted by Crippen LogP contribution is 2.24. The van der Waals surface area contributed by atoms with Crippen molar-refractivity contribution >= 4 is 0 Å². The predicted octanol–water partition coefficient (Wildman–Crippen LogP) is 2.92. The molecule has 2 aromatic heterocycles. The normalized spacial score (nSPS) is 12.1. The Morgan fingerprint density at radius 1 is 1.24 bits per heavy atom. The lowest BCUT2D eigenvalue weighted by atomic mass is 10.2. The minimum atomic E-state index is -0.963. The van der Waals surface area contributed by atoms with Gasteiger partial charge in [0.2, 0.25) is 5.88 Å². The molecule has 1 aromatic carbocycles. The van der Waals surface area contributed by atoms with Crippen LogP contribution in [0.3, 0.4) is 0 Å². The number of hydrogen-bond acceptors (Lipinski definition) is 5. The molecule has 0 radical (unpaired) electrons. The van der Waals surface area contributed by atoms with Gasteiger partial charge in [-0.05, 0) is 25.1 Å². The Bertz CT molecular complexity index is 826. The van der Waals surface area contributed by atoms with E-state index in [1.165, 1.54) is 12.4 Å². The number of ether oxygens (including phenoxy) is 1. The first-order valence-electron chi connectivity index (χ1n) is 7.74. The number of aromatic nitrogens is 4. The third kappa shape index (κ3) is 4.57. The van der Waals surface area contributed by atoms with E-state index >= 15 is 0 Å². The van der Waals surface area contributed by atoms with Gasteiger partial charge in [-0.2, -0.15) is 5.10 Å². The quantitative estimate of drug-likeness (QED) is 0.713. The Morgan fingerprint density at radius 3 is 2.88 bits per heavy atom. The number of hydrogen-bond donors (Lipinski definition) is 1. The van der Waals surface area contributed by atoms with Crippen LogP contribution < -0.4 is 10.1 Å². The van der Waals surface area contributed by atoms with Crippen molar-refractivity contribution in [2.24, 2.45) is 0 Å². The molecule has 1 N–H and O–H groups in total. The lowest BCUT2D eigenvalue weighted by Crippen LogP contribution is -2.30. The van der Waals surface area contributed by atoms with Gasteiger partial charge in [-0.3, -0.25) is 4.68 Å². The molecule has 0 aliphatic carbocycles. The van der Waals surface area contributed by atoms with Crippen molar-refractivity contribution in [3.63, 3.8) is 0 Å². The first-order chi connectivity index (χ1) is 12.1. The molecule has 130 valence electrons. The SMILES string of the molecule is CC(Cn1cncn1)NCc1cccnc1Oc1ccc(F)c(F)c1. The van der Waals surface area contributed by atoms with Gasteiger partial charge in [-0.1, -0.05) is 6.07 Å².